The van der Waals surface area contributed by atoms with E-state index in [1.54, 1.807) is 0 Å². The first kappa shape index (κ1) is 12.6. The van der Waals surface area contributed by atoms with Crippen molar-refractivity contribution in [3.05, 3.63) is 24.0 Å². The minimum Gasteiger partial charge on any atom is -0.468 e. The van der Waals surface area contributed by atoms with Gasteiger partial charge in [-0.15, -0.1) is 0 Å². The summed E-state index contributed by atoms with van der Waals surface area (Å²) in [6.07, 6.45) is 4.41. The Morgan fingerprint density at radius 1 is 1.56 bits per heavy atom. The minimum absolute atomic E-state index is 0.0929. The lowest BCUT2D eigenvalue weighted by atomic mass is 9.85. The summed E-state index contributed by atoms with van der Waals surface area (Å²) in [5.41, 5.74) is -0.0420. The molecule has 0 atom stereocenters. The topological polar surface area (TPSA) is 80.4 Å². The molecule has 0 aromatic carbocycles. The maximum absolute atomic E-state index is 12.0. The largest absolute Gasteiger partial charge is 0.468 e. The number of aromatic amines is 1. The molecule has 0 saturated carbocycles. The molecular weight excluding hydrogens is 236 g/mol. The molecule has 0 spiro atoms. The normalized spacial score (nSPS) is 16.7. The fourth-order valence-corrected chi connectivity index (χ4v) is 1.85. The Morgan fingerprint density at radius 2 is 2.33 bits per heavy atom. The van der Waals surface area contributed by atoms with Crippen molar-refractivity contribution in [1.29, 1.82) is 0 Å². The molecule has 98 valence electrons. The fraction of sp³-hybridized carbons (Fsp3) is 0.500. The van der Waals surface area contributed by atoms with Crippen molar-refractivity contribution >= 4 is 11.9 Å². The van der Waals surface area contributed by atoms with Crippen molar-refractivity contribution in [2.24, 2.45) is 5.41 Å². The lowest BCUT2D eigenvalue weighted by Gasteiger charge is -2.36. The molecule has 1 aromatic heterocycles. The van der Waals surface area contributed by atoms with Crippen molar-refractivity contribution in [3.63, 3.8) is 0 Å². The third kappa shape index (κ3) is 2.24. The Labute approximate surface area is 105 Å². The van der Waals surface area contributed by atoms with Gasteiger partial charge in [-0.2, -0.15) is 0 Å². The van der Waals surface area contributed by atoms with Crippen LogP contribution in [0, 0.1) is 5.41 Å². The van der Waals surface area contributed by atoms with Crippen LogP contribution in [-0.4, -0.2) is 43.7 Å². The molecule has 0 bridgehead atoms. The minimum atomic E-state index is -1.15. The number of hydrogen-bond donors (Lipinski definition) is 2. The van der Waals surface area contributed by atoms with Gasteiger partial charge in [-0.3, -0.25) is 9.59 Å². The number of H-pyrrole nitrogens is 1. The van der Waals surface area contributed by atoms with E-state index < -0.39 is 11.4 Å². The molecule has 2 heterocycles. The van der Waals surface area contributed by atoms with E-state index in [9.17, 15) is 9.59 Å². The van der Waals surface area contributed by atoms with E-state index in [1.807, 2.05) is 18.5 Å². The number of rotatable bonds is 5. The second-order valence-corrected chi connectivity index (χ2v) is 4.29. The van der Waals surface area contributed by atoms with Crippen LogP contribution in [0.3, 0.4) is 0 Å². The molecule has 1 fully saturated rings. The number of esters is 1. The van der Waals surface area contributed by atoms with Gasteiger partial charge >= 0.3 is 5.97 Å². The van der Waals surface area contributed by atoms with Gasteiger partial charge in [-0.05, 0) is 18.1 Å². The van der Waals surface area contributed by atoms with Crippen LogP contribution in [-0.2, 0) is 25.5 Å². The van der Waals surface area contributed by atoms with Gasteiger partial charge in [0.2, 0.25) is 5.91 Å². The summed E-state index contributed by atoms with van der Waals surface area (Å²) in [6, 6.07) is 1.94. The van der Waals surface area contributed by atoms with Gasteiger partial charge in [0.1, 0.15) is 0 Å². The average Bonchev–Trinajstić information content (AvgIpc) is 2.80. The number of aromatic nitrogens is 1. The van der Waals surface area contributed by atoms with Crippen LogP contribution in [0.2, 0.25) is 0 Å². The number of hydrogen-bond acceptors (Lipinski definition) is 4. The molecule has 2 rings (SSSR count). The van der Waals surface area contributed by atoms with E-state index in [1.165, 1.54) is 7.11 Å². The third-order valence-electron chi connectivity index (χ3n) is 3.07. The summed E-state index contributed by atoms with van der Waals surface area (Å²) in [7, 11) is 1.27. The van der Waals surface area contributed by atoms with Gasteiger partial charge in [0.05, 0.1) is 20.3 Å². The van der Waals surface area contributed by atoms with E-state index in [0.29, 0.717) is 13.0 Å². The predicted molar refractivity (Wildman–Crippen MR) is 62.8 cm³/mol. The van der Waals surface area contributed by atoms with Crippen molar-refractivity contribution in [2.45, 2.75) is 6.42 Å². The first-order chi connectivity index (χ1) is 8.69. The van der Waals surface area contributed by atoms with Crippen molar-refractivity contribution in [2.75, 3.05) is 26.9 Å². The standard InChI is InChI=1S/C12H16N2O4/c1-17-11(16)12(7-18-8-12)10(15)14-5-3-9-2-4-13-6-9/h2,4,6,13H,3,5,7-8H2,1H3,(H,14,15). The summed E-state index contributed by atoms with van der Waals surface area (Å²) >= 11 is 0. The monoisotopic (exact) mass is 252 g/mol. The Kier molecular flexibility index (Phi) is 3.66. The van der Waals surface area contributed by atoms with Gasteiger partial charge in [-0.25, -0.2) is 0 Å². The van der Waals surface area contributed by atoms with Crippen LogP contribution in [0.25, 0.3) is 0 Å². The fourth-order valence-electron chi connectivity index (χ4n) is 1.85. The van der Waals surface area contributed by atoms with Gasteiger partial charge in [0.15, 0.2) is 5.41 Å². The van der Waals surface area contributed by atoms with E-state index in [2.05, 4.69) is 15.0 Å². The molecule has 18 heavy (non-hydrogen) atoms. The van der Waals surface area contributed by atoms with Gasteiger partial charge in [0.25, 0.3) is 0 Å². The number of nitrogens with one attached hydrogen (secondary N) is 2. The molecular formula is C12H16N2O4. The lowest BCUT2D eigenvalue weighted by Crippen LogP contribution is -2.59. The third-order valence-corrected chi connectivity index (χ3v) is 3.07. The number of ether oxygens (including phenoxy) is 2. The molecule has 2 N–H and O–H groups in total. The number of carbonyl (C=O) groups excluding carboxylic acids is 2. The molecule has 1 aliphatic rings. The van der Waals surface area contributed by atoms with Crippen LogP contribution in [0.5, 0.6) is 0 Å². The smallest absolute Gasteiger partial charge is 0.326 e. The van der Waals surface area contributed by atoms with Gasteiger partial charge in [0, 0.05) is 18.9 Å². The zero-order valence-corrected chi connectivity index (χ0v) is 10.2. The highest BCUT2D eigenvalue weighted by atomic mass is 16.5. The summed E-state index contributed by atoms with van der Waals surface area (Å²) in [5.74, 6) is -0.857. The Balaban J connectivity index is 1.85. The number of amides is 1. The zero-order valence-electron chi connectivity index (χ0n) is 10.2. The zero-order chi connectivity index (χ0) is 13.0. The lowest BCUT2D eigenvalue weighted by molar-refractivity contribution is -0.188. The SMILES string of the molecule is COC(=O)C1(C(=O)NCCc2cc[nH]c2)COC1. The molecule has 6 nitrogen and oxygen atoms in total. The van der Waals surface area contributed by atoms with Crippen LogP contribution < -0.4 is 5.32 Å². The summed E-state index contributed by atoms with van der Waals surface area (Å²) in [5, 5.41) is 2.75. The number of carbonyl (C=O) groups is 2. The van der Waals surface area contributed by atoms with Crippen LogP contribution in [0.4, 0.5) is 0 Å². The highest BCUT2D eigenvalue weighted by molar-refractivity contribution is 6.03. The first-order valence-electron chi connectivity index (χ1n) is 5.75. The Bertz CT molecular complexity index is 423. The van der Waals surface area contributed by atoms with Gasteiger partial charge in [-0.1, -0.05) is 0 Å². The summed E-state index contributed by atoms with van der Waals surface area (Å²) in [4.78, 5) is 26.5. The second kappa shape index (κ2) is 5.22. The van der Waals surface area contributed by atoms with E-state index in [-0.39, 0.29) is 19.1 Å². The highest BCUT2D eigenvalue weighted by Gasteiger charge is 2.53. The van der Waals surface area contributed by atoms with Crippen molar-refractivity contribution in [3.8, 4) is 0 Å². The molecule has 0 unspecified atom stereocenters. The Hall–Kier alpha value is -1.82. The van der Waals surface area contributed by atoms with Crippen LogP contribution >= 0.6 is 0 Å². The first-order valence-corrected chi connectivity index (χ1v) is 5.75. The number of methoxy groups -OCH3 is 1. The molecule has 1 aliphatic heterocycles. The van der Waals surface area contributed by atoms with Crippen molar-refractivity contribution < 1.29 is 19.1 Å². The molecule has 0 aliphatic carbocycles. The maximum Gasteiger partial charge on any atom is 0.326 e. The summed E-state index contributed by atoms with van der Waals surface area (Å²) in [6.45, 7) is 0.667. The molecule has 6 heteroatoms. The molecule has 0 radical (unpaired) electrons. The quantitative estimate of drug-likeness (QED) is 0.565. The molecule has 1 amide bonds. The van der Waals surface area contributed by atoms with Crippen LogP contribution in [0.1, 0.15) is 5.56 Å². The van der Waals surface area contributed by atoms with E-state index in [4.69, 9.17) is 4.74 Å². The summed E-state index contributed by atoms with van der Waals surface area (Å²) < 4.78 is 9.61. The molecule has 1 aromatic rings. The predicted octanol–water partition coefficient (Wildman–Crippen LogP) is -0.137. The van der Waals surface area contributed by atoms with Gasteiger partial charge < -0.3 is 19.8 Å². The second-order valence-electron chi connectivity index (χ2n) is 4.29. The molecule has 1 saturated heterocycles. The van der Waals surface area contributed by atoms with E-state index >= 15 is 0 Å². The van der Waals surface area contributed by atoms with Crippen molar-refractivity contribution in [1.82, 2.24) is 10.3 Å². The van der Waals surface area contributed by atoms with Crippen LogP contribution in [0.15, 0.2) is 18.5 Å². The maximum atomic E-state index is 12.0. The Morgan fingerprint density at radius 3 is 2.83 bits per heavy atom. The highest BCUT2D eigenvalue weighted by Crippen LogP contribution is 2.29. The average molecular weight is 252 g/mol. The van der Waals surface area contributed by atoms with E-state index in [0.717, 1.165) is 5.56 Å².